The van der Waals surface area contributed by atoms with Gasteiger partial charge in [0, 0.05) is 12.1 Å². The number of morpholine rings is 1. The number of rotatable bonds is 4. The van der Waals surface area contributed by atoms with Crippen LogP contribution in [-0.2, 0) is 11.3 Å². The summed E-state index contributed by atoms with van der Waals surface area (Å²) in [5.74, 6) is 0.564. The van der Waals surface area contributed by atoms with Gasteiger partial charge in [0.05, 0.1) is 31.9 Å². The van der Waals surface area contributed by atoms with Crippen molar-refractivity contribution in [3.8, 4) is 0 Å². The fourth-order valence-corrected chi connectivity index (χ4v) is 2.09. The molecule has 2 unspecified atom stereocenters. The minimum Gasteiger partial charge on any atom is -0.407 e. The van der Waals surface area contributed by atoms with Crippen LogP contribution in [0.25, 0.3) is 0 Å². The number of anilines is 1. The van der Waals surface area contributed by atoms with E-state index in [0.29, 0.717) is 31.5 Å². The highest BCUT2D eigenvalue weighted by molar-refractivity contribution is 5.25. The number of ether oxygens (including phenoxy) is 1. The third kappa shape index (κ3) is 4.16. The van der Waals surface area contributed by atoms with Crippen molar-refractivity contribution < 1.29 is 14.3 Å². The van der Waals surface area contributed by atoms with E-state index >= 15 is 0 Å². The minimum absolute atomic E-state index is 0.00406. The van der Waals surface area contributed by atoms with Gasteiger partial charge < -0.3 is 24.5 Å². The Morgan fingerprint density at radius 1 is 1.35 bits per heavy atom. The zero-order valence-electron chi connectivity index (χ0n) is 12.6. The van der Waals surface area contributed by atoms with E-state index in [1.165, 1.54) is 0 Å². The van der Waals surface area contributed by atoms with Crippen molar-refractivity contribution >= 4 is 6.01 Å². The molecule has 0 radical (unpaired) electrons. The number of nitrogens with one attached hydrogen (secondary N) is 1. The first-order valence-corrected chi connectivity index (χ1v) is 6.96. The summed E-state index contributed by atoms with van der Waals surface area (Å²) in [4.78, 5) is 1.96. The second-order valence-corrected chi connectivity index (χ2v) is 6.24. The lowest BCUT2D eigenvalue weighted by Gasteiger charge is -2.34. The monoisotopic (exact) mass is 284 g/mol. The van der Waals surface area contributed by atoms with Gasteiger partial charge in [0.25, 0.3) is 0 Å². The number of nitrogens with zero attached hydrogens (tertiary/aromatic N) is 3. The molecule has 2 rings (SSSR count). The molecule has 0 amide bonds. The molecule has 7 nitrogen and oxygen atoms in total. The Kier molecular flexibility index (Phi) is 4.62. The Morgan fingerprint density at radius 3 is 2.75 bits per heavy atom. The van der Waals surface area contributed by atoms with Crippen LogP contribution in [0.1, 0.15) is 33.6 Å². The summed E-state index contributed by atoms with van der Waals surface area (Å²) in [6.07, 6.45) is -0.175. The van der Waals surface area contributed by atoms with E-state index in [1.54, 1.807) is 0 Å². The normalized spacial score (nSPS) is 24.1. The van der Waals surface area contributed by atoms with Crippen LogP contribution in [-0.4, -0.2) is 52.7 Å². The second kappa shape index (κ2) is 6.07. The van der Waals surface area contributed by atoms with Gasteiger partial charge in [-0.15, -0.1) is 5.10 Å². The summed E-state index contributed by atoms with van der Waals surface area (Å²) >= 11 is 0. The summed E-state index contributed by atoms with van der Waals surface area (Å²) in [5.41, 5.74) is 0.00406. The molecule has 1 aliphatic rings. The SMILES string of the molecule is CC1CN(c2nnc(CNC(C)(C)C)o2)CC(CO)O1. The van der Waals surface area contributed by atoms with Crippen molar-refractivity contribution in [2.24, 2.45) is 0 Å². The van der Waals surface area contributed by atoms with E-state index in [9.17, 15) is 5.11 Å². The number of aromatic nitrogens is 2. The van der Waals surface area contributed by atoms with Crippen LogP contribution in [0, 0.1) is 0 Å². The molecule has 0 aliphatic carbocycles. The minimum atomic E-state index is -0.207. The van der Waals surface area contributed by atoms with Gasteiger partial charge in [-0.25, -0.2) is 0 Å². The van der Waals surface area contributed by atoms with Crippen molar-refractivity contribution in [3.63, 3.8) is 0 Å². The van der Waals surface area contributed by atoms with Crippen molar-refractivity contribution in [2.45, 2.75) is 52.0 Å². The first kappa shape index (κ1) is 15.2. The zero-order valence-corrected chi connectivity index (χ0v) is 12.6. The summed E-state index contributed by atoms with van der Waals surface area (Å²) < 4.78 is 11.3. The van der Waals surface area contributed by atoms with Gasteiger partial charge in [-0.1, -0.05) is 5.10 Å². The zero-order chi connectivity index (χ0) is 14.8. The van der Waals surface area contributed by atoms with Gasteiger partial charge >= 0.3 is 6.01 Å². The summed E-state index contributed by atoms with van der Waals surface area (Å²) in [7, 11) is 0. The lowest BCUT2D eigenvalue weighted by atomic mass is 10.1. The largest absolute Gasteiger partial charge is 0.407 e. The smallest absolute Gasteiger partial charge is 0.318 e. The molecule has 0 bridgehead atoms. The molecule has 2 atom stereocenters. The summed E-state index contributed by atoms with van der Waals surface area (Å²) in [5, 5.41) is 20.6. The van der Waals surface area contributed by atoms with E-state index in [0.717, 1.165) is 0 Å². The van der Waals surface area contributed by atoms with E-state index in [4.69, 9.17) is 9.15 Å². The maximum absolute atomic E-state index is 9.22. The van der Waals surface area contributed by atoms with Gasteiger partial charge in [0.1, 0.15) is 0 Å². The number of aliphatic hydroxyl groups excluding tert-OH is 1. The van der Waals surface area contributed by atoms with Crippen LogP contribution < -0.4 is 10.2 Å². The Morgan fingerprint density at radius 2 is 2.10 bits per heavy atom. The second-order valence-electron chi connectivity index (χ2n) is 6.24. The molecule has 2 heterocycles. The summed E-state index contributed by atoms with van der Waals surface area (Å²) in [6.45, 7) is 10.00. The molecule has 114 valence electrons. The molecular weight excluding hydrogens is 260 g/mol. The quantitative estimate of drug-likeness (QED) is 0.835. The number of hydrogen-bond donors (Lipinski definition) is 2. The van der Waals surface area contributed by atoms with Gasteiger partial charge in [-0.2, -0.15) is 0 Å². The molecule has 0 saturated carbocycles. The average Bonchev–Trinajstić information content (AvgIpc) is 2.83. The molecule has 1 fully saturated rings. The highest BCUT2D eigenvalue weighted by Crippen LogP contribution is 2.19. The Balaban J connectivity index is 1.97. The summed E-state index contributed by atoms with van der Waals surface area (Å²) in [6, 6.07) is 0.490. The van der Waals surface area contributed by atoms with Gasteiger partial charge in [-0.05, 0) is 27.7 Å². The van der Waals surface area contributed by atoms with Crippen LogP contribution in [0.2, 0.25) is 0 Å². The van der Waals surface area contributed by atoms with Crippen LogP contribution in [0.3, 0.4) is 0 Å². The molecule has 0 spiro atoms. The molecule has 1 aromatic rings. The van der Waals surface area contributed by atoms with Gasteiger partial charge in [0.15, 0.2) is 0 Å². The molecule has 1 aliphatic heterocycles. The first-order chi connectivity index (χ1) is 9.37. The topological polar surface area (TPSA) is 83.7 Å². The van der Waals surface area contributed by atoms with Gasteiger partial charge in [0.2, 0.25) is 5.89 Å². The fraction of sp³-hybridized carbons (Fsp3) is 0.846. The van der Waals surface area contributed by atoms with Crippen molar-refractivity contribution in [1.82, 2.24) is 15.5 Å². The van der Waals surface area contributed by atoms with E-state index in [2.05, 4.69) is 36.3 Å². The molecule has 20 heavy (non-hydrogen) atoms. The highest BCUT2D eigenvalue weighted by Gasteiger charge is 2.28. The Labute approximate surface area is 119 Å². The number of hydrogen-bond acceptors (Lipinski definition) is 7. The van der Waals surface area contributed by atoms with Crippen LogP contribution in [0.15, 0.2) is 4.42 Å². The van der Waals surface area contributed by atoms with Crippen molar-refractivity contribution in [3.05, 3.63) is 5.89 Å². The molecule has 1 aromatic heterocycles. The van der Waals surface area contributed by atoms with E-state index in [-0.39, 0.29) is 24.4 Å². The van der Waals surface area contributed by atoms with Crippen molar-refractivity contribution in [2.75, 3.05) is 24.6 Å². The molecule has 1 saturated heterocycles. The third-order valence-corrected chi connectivity index (χ3v) is 3.03. The van der Waals surface area contributed by atoms with E-state index in [1.807, 2.05) is 11.8 Å². The molecular formula is C13H24N4O3. The first-order valence-electron chi connectivity index (χ1n) is 6.96. The third-order valence-electron chi connectivity index (χ3n) is 3.03. The van der Waals surface area contributed by atoms with Crippen LogP contribution in [0.4, 0.5) is 6.01 Å². The predicted octanol–water partition coefficient (Wildman–Crippen LogP) is 0.544. The fourth-order valence-electron chi connectivity index (χ4n) is 2.09. The van der Waals surface area contributed by atoms with Crippen LogP contribution in [0.5, 0.6) is 0 Å². The lowest BCUT2D eigenvalue weighted by Crippen LogP contribution is -2.48. The van der Waals surface area contributed by atoms with E-state index < -0.39 is 0 Å². The van der Waals surface area contributed by atoms with Crippen LogP contribution >= 0.6 is 0 Å². The number of aliphatic hydroxyl groups is 1. The maximum atomic E-state index is 9.22. The standard InChI is InChI=1S/C13H24N4O3/c1-9-6-17(7-10(8-18)19-9)12-16-15-11(20-12)5-14-13(2,3)4/h9-10,14,18H,5-8H2,1-4H3. The maximum Gasteiger partial charge on any atom is 0.318 e. The molecule has 7 heteroatoms. The molecule has 2 N–H and O–H groups in total. The average molecular weight is 284 g/mol. The molecule has 0 aromatic carbocycles. The Hall–Kier alpha value is -1.18. The van der Waals surface area contributed by atoms with Crippen molar-refractivity contribution in [1.29, 1.82) is 0 Å². The highest BCUT2D eigenvalue weighted by atomic mass is 16.5. The Bertz CT molecular complexity index is 429. The predicted molar refractivity (Wildman–Crippen MR) is 74.5 cm³/mol. The lowest BCUT2D eigenvalue weighted by molar-refractivity contribution is -0.0433. The van der Waals surface area contributed by atoms with Gasteiger partial charge in [-0.3, -0.25) is 0 Å².